The molecule has 5 heteroatoms. The molecule has 0 saturated heterocycles. The molecule has 0 radical (unpaired) electrons. The van der Waals surface area contributed by atoms with E-state index in [1.807, 2.05) is 4.68 Å². The van der Waals surface area contributed by atoms with E-state index in [9.17, 15) is 0 Å². The topological polar surface area (TPSA) is 63.0 Å². The number of hydrogen-bond donors (Lipinski definition) is 2. The van der Waals surface area contributed by atoms with Crippen molar-refractivity contribution >= 4 is 5.95 Å². The fraction of sp³-hybridized carbons (Fsp3) is 0.778. The van der Waals surface area contributed by atoms with Gasteiger partial charge in [0.2, 0.25) is 5.95 Å². The third-order valence-corrected chi connectivity index (χ3v) is 2.62. The number of aliphatic hydroxyl groups excluding tert-OH is 1. The number of nitrogens with zero attached hydrogens (tertiary/aromatic N) is 3. The zero-order chi connectivity index (χ0) is 10.1. The van der Waals surface area contributed by atoms with Gasteiger partial charge < -0.3 is 10.4 Å². The van der Waals surface area contributed by atoms with Crippen LogP contribution in [0.15, 0.2) is 0 Å². The van der Waals surface area contributed by atoms with Crippen molar-refractivity contribution in [2.45, 2.75) is 32.9 Å². The lowest BCUT2D eigenvalue weighted by molar-refractivity contribution is 0.265. The maximum absolute atomic E-state index is 8.95. The van der Waals surface area contributed by atoms with Crippen molar-refractivity contribution < 1.29 is 5.11 Å². The predicted molar refractivity (Wildman–Crippen MR) is 52.9 cm³/mol. The Hall–Kier alpha value is -1.10. The van der Waals surface area contributed by atoms with Gasteiger partial charge in [-0.25, -0.2) is 4.68 Å². The second-order valence-corrected chi connectivity index (χ2v) is 3.98. The summed E-state index contributed by atoms with van der Waals surface area (Å²) in [6.07, 6.45) is 1.07. The van der Waals surface area contributed by atoms with E-state index in [1.54, 1.807) is 0 Å². The molecule has 1 atom stereocenters. The summed E-state index contributed by atoms with van der Waals surface area (Å²) < 4.78 is 1.90. The van der Waals surface area contributed by atoms with Crippen molar-refractivity contribution in [2.24, 2.45) is 5.92 Å². The van der Waals surface area contributed by atoms with Gasteiger partial charge in [0.1, 0.15) is 6.61 Å². The molecule has 0 fully saturated rings. The summed E-state index contributed by atoms with van der Waals surface area (Å²) in [5.74, 6) is 1.84. The molecular weight excluding hydrogens is 180 g/mol. The number of aliphatic hydroxyl groups is 1. The molecule has 1 aromatic heterocycles. The molecule has 5 nitrogen and oxygen atoms in total. The maximum Gasteiger partial charge on any atom is 0.221 e. The minimum atomic E-state index is -0.0908. The Morgan fingerprint density at radius 2 is 2.43 bits per heavy atom. The molecule has 0 bridgehead atoms. The minimum Gasteiger partial charge on any atom is -0.388 e. The van der Waals surface area contributed by atoms with Crippen LogP contribution in [0.2, 0.25) is 0 Å². The number of hydrogen-bond acceptors (Lipinski definition) is 4. The lowest BCUT2D eigenvalue weighted by Gasteiger charge is -2.27. The van der Waals surface area contributed by atoms with Gasteiger partial charge in [-0.1, -0.05) is 13.8 Å². The SMILES string of the molecule is CC(C)C1CCNc2nc(CO)nn21. The van der Waals surface area contributed by atoms with Gasteiger partial charge in [0.25, 0.3) is 0 Å². The molecule has 0 saturated carbocycles. The van der Waals surface area contributed by atoms with Crippen molar-refractivity contribution in [1.82, 2.24) is 14.8 Å². The second kappa shape index (κ2) is 3.57. The zero-order valence-corrected chi connectivity index (χ0v) is 8.56. The van der Waals surface area contributed by atoms with E-state index in [-0.39, 0.29) is 6.61 Å². The molecule has 14 heavy (non-hydrogen) atoms. The fourth-order valence-electron chi connectivity index (χ4n) is 1.86. The standard InChI is InChI=1S/C9H16N4O/c1-6(2)7-3-4-10-9-11-8(5-14)12-13(7)9/h6-7,14H,3-5H2,1-2H3,(H,10,11,12). The van der Waals surface area contributed by atoms with Crippen LogP contribution in [0.3, 0.4) is 0 Å². The number of anilines is 1. The van der Waals surface area contributed by atoms with Crippen LogP contribution in [0, 0.1) is 5.92 Å². The monoisotopic (exact) mass is 196 g/mol. The van der Waals surface area contributed by atoms with Gasteiger partial charge in [-0.2, -0.15) is 10.1 Å². The summed E-state index contributed by atoms with van der Waals surface area (Å²) in [5.41, 5.74) is 0. The van der Waals surface area contributed by atoms with Gasteiger partial charge in [0.05, 0.1) is 6.04 Å². The fourth-order valence-corrected chi connectivity index (χ4v) is 1.86. The molecule has 78 valence electrons. The molecule has 0 aromatic carbocycles. The van der Waals surface area contributed by atoms with Crippen LogP contribution >= 0.6 is 0 Å². The van der Waals surface area contributed by atoms with Gasteiger partial charge in [-0.15, -0.1) is 0 Å². The molecule has 1 unspecified atom stereocenters. The molecule has 0 aliphatic carbocycles. The van der Waals surface area contributed by atoms with Gasteiger partial charge >= 0.3 is 0 Å². The molecule has 0 amide bonds. The molecule has 1 aliphatic rings. The van der Waals surface area contributed by atoms with E-state index < -0.39 is 0 Å². The maximum atomic E-state index is 8.95. The summed E-state index contributed by atoms with van der Waals surface area (Å²) >= 11 is 0. The zero-order valence-electron chi connectivity index (χ0n) is 8.56. The Labute approximate surface area is 83.2 Å². The second-order valence-electron chi connectivity index (χ2n) is 3.98. The Bertz CT molecular complexity index is 321. The van der Waals surface area contributed by atoms with Crippen LogP contribution in [-0.4, -0.2) is 26.4 Å². The van der Waals surface area contributed by atoms with Gasteiger partial charge in [0.15, 0.2) is 5.82 Å². The summed E-state index contributed by atoms with van der Waals surface area (Å²) in [4.78, 5) is 4.19. The molecule has 2 N–H and O–H groups in total. The predicted octanol–water partition coefficient (Wildman–Crippen LogP) is 0.783. The first kappa shape index (κ1) is 9.45. The van der Waals surface area contributed by atoms with Crippen molar-refractivity contribution in [1.29, 1.82) is 0 Å². The Balaban J connectivity index is 2.33. The van der Waals surface area contributed by atoms with Gasteiger partial charge in [-0.05, 0) is 12.3 Å². The highest BCUT2D eigenvalue weighted by molar-refractivity contribution is 5.28. The van der Waals surface area contributed by atoms with Crippen molar-refractivity contribution in [2.75, 3.05) is 11.9 Å². The average molecular weight is 196 g/mol. The van der Waals surface area contributed by atoms with E-state index in [0.29, 0.717) is 17.8 Å². The summed E-state index contributed by atoms with van der Waals surface area (Å²) in [7, 11) is 0. The number of aromatic nitrogens is 3. The quantitative estimate of drug-likeness (QED) is 0.733. The number of rotatable bonds is 2. The van der Waals surface area contributed by atoms with Crippen molar-refractivity contribution in [3.63, 3.8) is 0 Å². The molecule has 1 aromatic rings. The summed E-state index contributed by atoms with van der Waals surface area (Å²) in [5, 5.41) is 16.4. The van der Waals surface area contributed by atoms with Crippen molar-refractivity contribution in [3.05, 3.63) is 5.82 Å². The van der Waals surface area contributed by atoms with E-state index >= 15 is 0 Å². The van der Waals surface area contributed by atoms with E-state index in [1.165, 1.54) is 0 Å². The normalized spacial score (nSPS) is 20.7. The van der Waals surface area contributed by atoms with Crippen LogP contribution in [0.5, 0.6) is 0 Å². The molecule has 2 rings (SSSR count). The minimum absolute atomic E-state index is 0.0908. The third-order valence-electron chi connectivity index (χ3n) is 2.62. The number of fused-ring (bicyclic) bond motifs is 1. The van der Waals surface area contributed by atoms with Crippen LogP contribution in [0.4, 0.5) is 5.95 Å². The first-order valence-corrected chi connectivity index (χ1v) is 5.02. The first-order chi connectivity index (χ1) is 6.72. The lowest BCUT2D eigenvalue weighted by atomic mass is 10.0. The average Bonchev–Trinajstić information content (AvgIpc) is 2.59. The highest BCUT2D eigenvalue weighted by Crippen LogP contribution is 2.27. The first-order valence-electron chi connectivity index (χ1n) is 5.02. The Kier molecular flexibility index (Phi) is 2.41. The van der Waals surface area contributed by atoms with Crippen LogP contribution in [0.25, 0.3) is 0 Å². The number of nitrogens with one attached hydrogen (secondary N) is 1. The van der Waals surface area contributed by atoms with E-state index in [2.05, 4.69) is 29.2 Å². The largest absolute Gasteiger partial charge is 0.388 e. The smallest absolute Gasteiger partial charge is 0.221 e. The van der Waals surface area contributed by atoms with Crippen LogP contribution in [0.1, 0.15) is 32.1 Å². The van der Waals surface area contributed by atoms with Crippen molar-refractivity contribution in [3.8, 4) is 0 Å². The molecule has 2 heterocycles. The summed E-state index contributed by atoms with van der Waals surface area (Å²) in [6, 6.07) is 0.402. The van der Waals surface area contributed by atoms with Crippen LogP contribution < -0.4 is 5.32 Å². The molecule has 1 aliphatic heterocycles. The summed E-state index contributed by atoms with van der Waals surface area (Å²) in [6.45, 7) is 5.21. The Morgan fingerprint density at radius 1 is 1.64 bits per heavy atom. The lowest BCUT2D eigenvalue weighted by Crippen LogP contribution is -2.27. The van der Waals surface area contributed by atoms with Gasteiger partial charge in [0, 0.05) is 6.54 Å². The highest BCUT2D eigenvalue weighted by atomic mass is 16.3. The molecular formula is C9H16N4O. The Morgan fingerprint density at radius 3 is 3.07 bits per heavy atom. The molecule has 0 spiro atoms. The van der Waals surface area contributed by atoms with Crippen LogP contribution in [-0.2, 0) is 6.61 Å². The van der Waals surface area contributed by atoms with Gasteiger partial charge in [-0.3, -0.25) is 0 Å². The highest BCUT2D eigenvalue weighted by Gasteiger charge is 2.24. The van der Waals surface area contributed by atoms with E-state index in [4.69, 9.17) is 5.11 Å². The third kappa shape index (κ3) is 1.48. The van der Waals surface area contributed by atoms with E-state index in [0.717, 1.165) is 18.9 Å².